The Balaban J connectivity index is 1.19. The molecule has 1 saturated heterocycles. The number of rotatable bonds is 6. The summed E-state index contributed by atoms with van der Waals surface area (Å²) in [5, 5.41) is 19.6. The molecule has 1 unspecified atom stereocenters. The second-order valence-electron chi connectivity index (χ2n) is 9.15. The Morgan fingerprint density at radius 2 is 1.97 bits per heavy atom. The molecule has 0 bridgehead atoms. The summed E-state index contributed by atoms with van der Waals surface area (Å²) in [4.78, 5) is 7.21. The van der Waals surface area contributed by atoms with E-state index in [1.807, 2.05) is 47.0 Å². The van der Waals surface area contributed by atoms with Crippen LogP contribution in [0, 0.1) is 5.92 Å². The third-order valence-corrected chi connectivity index (χ3v) is 7.20. The second kappa shape index (κ2) is 9.36. The van der Waals surface area contributed by atoms with Gasteiger partial charge in [0.2, 0.25) is 0 Å². The molecule has 0 spiro atoms. The zero-order valence-corrected chi connectivity index (χ0v) is 20.8. The molecule has 5 aromatic rings. The lowest BCUT2D eigenvalue weighted by molar-refractivity contribution is 0.163. The molecule has 0 saturated carbocycles. The van der Waals surface area contributed by atoms with Gasteiger partial charge in [-0.05, 0) is 65.5 Å². The fraction of sp³-hybridized carbons (Fsp3) is 0.259. The van der Waals surface area contributed by atoms with Crippen LogP contribution in [-0.2, 0) is 6.54 Å². The molecule has 1 aliphatic heterocycles. The van der Waals surface area contributed by atoms with Gasteiger partial charge in [0.05, 0.1) is 22.9 Å². The molecule has 8 heteroatoms. The molecule has 35 heavy (non-hydrogen) atoms. The lowest BCUT2D eigenvalue weighted by atomic mass is 9.98. The highest BCUT2D eigenvalue weighted by molar-refractivity contribution is 9.10. The van der Waals surface area contributed by atoms with Crippen molar-refractivity contribution in [1.29, 1.82) is 0 Å². The first-order chi connectivity index (χ1) is 17.1. The summed E-state index contributed by atoms with van der Waals surface area (Å²) < 4.78 is 8.67. The Kier molecular flexibility index (Phi) is 5.91. The number of benzene rings is 2. The molecule has 4 heterocycles. The number of nitrogens with zero attached hydrogens (tertiary/aromatic N) is 4. The van der Waals surface area contributed by atoms with E-state index < -0.39 is 0 Å². The minimum atomic E-state index is 0.208. The average Bonchev–Trinajstić information content (AvgIpc) is 3.46. The Labute approximate surface area is 211 Å². The smallest absolute Gasteiger partial charge is 0.172 e. The second-order valence-corrected chi connectivity index (χ2v) is 10.0. The first-order valence-corrected chi connectivity index (χ1v) is 12.7. The topological polar surface area (TPSA) is 78.8 Å². The van der Waals surface area contributed by atoms with Crippen molar-refractivity contribution in [3.8, 4) is 17.0 Å². The highest BCUT2D eigenvalue weighted by Gasteiger charge is 2.22. The molecule has 178 valence electrons. The summed E-state index contributed by atoms with van der Waals surface area (Å²) in [6.45, 7) is 3.74. The highest BCUT2D eigenvalue weighted by atomic mass is 79.9. The quantitative estimate of drug-likeness (QED) is 0.282. The van der Waals surface area contributed by atoms with Gasteiger partial charge in [0, 0.05) is 30.1 Å². The van der Waals surface area contributed by atoms with E-state index in [0.717, 1.165) is 59.6 Å². The fourth-order valence-corrected chi connectivity index (χ4v) is 5.28. The number of likely N-dealkylation sites (tertiary alicyclic amines) is 1. The lowest BCUT2D eigenvalue weighted by Gasteiger charge is -2.32. The maximum atomic E-state index is 10.4. The number of halogens is 1. The van der Waals surface area contributed by atoms with Crippen molar-refractivity contribution in [2.45, 2.75) is 19.4 Å². The molecule has 7 nitrogen and oxygen atoms in total. The Hall–Kier alpha value is -3.36. The summed E-state index contributed by atoms with van der Waals surface area (Å²) >= 11 is 3.55. The molecule has 1 aliphatic rings. The SMILES string of the molecule is Oc1ccccc1-c1cc(NCC2CCCN(Cc3cc4ccccc4o3)C2)n2ncc(Br)c2n1. The molecule has 0 amide bonds. The zero-order chi connectivity index (χ0) is 23.8. The van der Waals surface area contributed by atoms with Gasteiger partial charge in [-0.2, -0.15) is 9.61 Å². The van der Waals surface area contributed by atoms with Gasteiger partial charge in [-0.3, -0.25) is 4.90 Å². The van der Waals surface area contributed by atoms with E-state index in [2.05, 4.69) is 43.4 Å². The van der Waals surface area contributed by atoms with Gasteiger partial charge in [0.1, 0.15) is 22.9 Å². The number of nitrogens with one attached hydrogen (secondary N) is 1. The molecular formula is C27H26BrN5O2. The number of para-hydroxylation sites is 2. The summed E-state index contributed by atoms with van der Waals surface area (Å²) in [5.74, 6) is 2.58. The van der Waals surface area contributed by atoms with Gasteiger partial charge in [-0.25, -0.2) is 4.98 Å². The zero-order valence-electron chi connectivity index (χ0n) is 19.2. The van der Waals surface area contributed by atoms with Crippen LogP contribution in [0.5, 0.6) is 5.75 Å². The molecule has 1 fully saturated rings. The number of phenolic OH excluding ortho intramolecular Hbond substituents is 1. The van der Waals surface area contributed by atoms with Gasteiger partial charge in [0.15, 0.2) is 5.65 Å². The number of hydrogen-bond acceptors (Lipinski definition) is 6. The van der Waals surface area contributed by atoms with Crippen LogP contribution in [0.3, 0.4) is 0 Å². The Morgan fingerprint density at radius 1 is 1.11 bits per heavy atom. The first-order valence-electron chi connectivity index (χ1n) is 11.9. The number of hydrogen-bond donors (Lipinski definition) is 2. The van der Waals surface area contributed by atoms with Gasteiger partial charge >= 0.3 is 0 Å². The first kappa shape index (κ1) is 22.1. The number of aromatic nitrogens is 3. The summed E-state index contributed by atoms with van der Waals surface area (Å²) in [7, 11) is 0. The fourth-order valence-electron chi connectivity index (χ4n) is 4.94. The van der Waals surface area contributed by atoms with Crippen LogP contribution in [0.25, 0.3) is 27.9 Å². The van der Waals surface area contributed by atoms with E-state index in [9.17, 15) is 5.11 Å². The van der Waals surface area contributed by atoms with Crippen molar-refractivity contribution in [3.05, 3.63) is 77.1 Å². The number of fused-ring (bicyclic) bond motifs is 2. The minimum Gasteiger partial charge on any atom is -0.507 e. The highest BCUT2D eigenvalue weighted by Crippen LogP contribution is 2.31. The van der Waals surface area contributed by atoms with E-state index in [1.165, 1.54) is 6.42 Å². The summed E-state index contributed by atoms with van der Waals surface area (Å²) in [5.41, 5.74) is 3.06. The van der Waals surface area contributed by atoms with Gasteiger partial charge in [0.25, 0.3) is 0 Å². The molecule has 3 aromatic heterocycles. The van der Waals surface area contributed by atoms with Crippen LogP contribution in [0.2, 0.25) is 0 Å². The van der Waals surface area contributed by atoms with E-state index in [0.29, 0.717) is 22.8 Å². The predicted molar refractivity (Wildman–Crippen MR) is 140 cm³/mol. The predicted octanol–water partition coefficient (Wildman–Crippen LogP) is 5.93. The van der Waals surface area contributed by atoms with E-state index in [-0.39, 0.29) is 5.75 Å². The third kappa shape index (κ3) is 4.51. The number of phenols is 1. The molecule has 0 radical (unpaired) electrons. The van der Waals surface area contributed by atoms with Crippen molar-refractivity contribution < 1.29 is 9.52 Å². The van der Waals surface area contributed by atoms with Crippen LogP contribution in [0.15, 0.2) is 75.8 Å². The molecule has 0 aliphatic carbocycles. The molecule has 2 aromatic carbocycles. The Morgan fingerprint density at radius 3 is 2.86 bits per heavy atom. The van der Waals surface area contributed by atoms with Crippen LogP contribution >= 0.6 is 15.9 Å². The van der Waals surface area contributed by atoms with Crippen LogP contribution in [-0.4, -0.2) is 44.2 Å². The number of piperidine rings is 1. The van der Waals surface area contributed by atoms with E-state index in [1.54, 1.807) is 12.3 Å². The minimum absolute atomic E-state index is 0.208. The monoisotopic (exact) mass is 531 g/mol. The van der Waals surface area contributed by atoms with Crippen LogP contribution < -0.4 is 5.32 Å². The van der Waals surface area contributed by atoms with Crippen molar-refractivity contribution in [1.82, 2.24) is 19.5 Å². The van der Waals surface area contributed by atoms with Crippen LogP contribution in [0.1, 0.15) is 18.6 Å². The van der Waals surface area contributed by atoms with E-state index in [4.69, 9.17) is 9.40 Å². The third-order valence-electron chi connectivity index (χ3n) is 6.64. The molecule has 6 rings (SSSR count). The number of aromatic hydroxyl groups is 1. The van der Waals surface area contributed by atoms with Crippen molar-refractivity contribution in [2.75, 3.05) is 25.0 Å². The molecular weight excluding hydrogens is 506 g/mol. The van der Waals surface area contributed by atoms with Crippen molar-refractivity contribution >= 4 is 38.4 Å². The van der Waals surface area contributed by atoms with Gasteiger partial charge in [-0.1, -0.05) is 30.3 Å². The van der Waals surface area contributed by atoms with Crippen molar-refractivity contribution in [2.24, 2.45) is 5.92 Å². The molecule has 1 atom stereocenters. The maximum Gasteiger partial charge on any atom is 0.172 e. The number of furan rings is 1. The summed E-state index contributed by atoms with van der Waals surface area (Å²) in [6, 6.07) is 19.5. The Bertz CT molecular complexity index is 1460. The number of anilines is 1. The maximum absolute atomic E-state index is 10.4. The summed E-state index contributed by atoms with van der Waals surface area (Å²) in [6.07, 6.45) is 4.08. The van der Waals surface area contributed by atoms with Gasteiger partial charge in [-0.15, -0.1) is 0 Å². The van der Waals surface area contributed by atoms with Crippen molar-refractivity contribution in [3.63, 3.8) is 0 Å². The lowest BCUT2D eigenvalue weighted by Crippen LogP contribution is -2.37. The van der Waals surface area contributed by atoms with Crippen LogP contribution in [0.4, 0.5) is 5.82 Å². The normalized spacial score (nSPS) is 16.8. The molecule has 2 N–H and O–H groups in total. The van der Waals surface area contributed by atoms with E-state index >= 15 is 0 Å². The standard InChI is InChI=1S/C27H26BrN5O2/c28-22-15-30-33-26(13-23(31-27(22)33)21-8-2-3-9-24(21)34)29-14-18-6-5-11-32(16-18)17-20-12-19-7-1-4-10-25(19)35-20/h1-4,7-10,12-13,15,18,29,34H,5-6,11,14,16-17H2. The average molecular weight is 532 g/mol. The largest absolute Gasteiger partial charge is 0.507 e. The van der Waals surface area contributed by atoms with Gasteiger partial charge < -0.3 is 14.8 Å².